The minimum atomic E-state index is -1.05. The Morgan fingerprint density at radius 1 is 1.35 bits per heavy atom. The number of nitrogens with zero attached hydrogens (tertiary/aromatic N) is 3. The van der Waals surface area contributed by atoms with Gasteiger partial charge in [-0.25, -0.2) is 9.48 Å². The Morgan fingerprint density at radius 3 is 3.00 bits per heavy atom. The van der Waals surface area contributed by atoms with Crippen LogP contribution >= 0.6 is 0 Å². The molecule has 0 fully saturated rings. The Balaban J connectivity index is 1.55. The van der Waals surface area contributed by atoms with Crippen molar-refractivity contribution in [1.82, 2.24) is 15.0 Å². The summed E-state index contributed by atoms with van der Waals surface area (Å²) in [4.78, 5) is 10.7. The fraction of sp³-hybridized carbons (Fsp3) is 0.357. The van der Waals surface area contributed by atoms with Crippen molar-refractivity contribution in [2.75, 3.05) is 11.9 Å². The van der Waals surface area contributed by atoms with E-state index in [0.717, 1.165) is 12.1 Å². The largest absolute Gasteiger partial charge is 0.476 e. The number of hydrogen-bond donors (Lipinski definition) is 2. The molecule has 104 valence electrons. The lowest BCUT2D eigenvalue weighted by Gasteiger charge is -2.08. The maximum Gasteiger partial charge on any atom is 0.358 e. The maximum absolute atomic E-state index is 10.7. The molecule has 0 unspecified atom stereocenters. The smallest absolute Gasteiger partial charge is 0.358 e. The Morgan fingerprint density at radius 2 is 2.20 bits per heavy atom. The SMILES string of the molecule is O=C(O)c1cn(CCNc2ccc3c(c2)CCC3)nn1. The second-order valence-corrected chi connectivity index (χ2v) is 4.94. The van der Waals surface area contributed by atoms with Crippen molar-refractivity contribution in [3.63, 3.8) is 0 Å². The molecule has 1 aromatic heterocycles. The Labute approximate surface area is 116 Å². The molecule has 6 nitrogen and oxygen atoms in total. The fourth-order valence-corrected chi connectivity index (χ4v) is 2.50. The van der Waals surface area contributed by atoms with Crippen molar-refractivity contribution >= 4 is 11.7 Å². The van der Waals surface area contributed by atoms with Gasteiger partial charge in [-0.15, -0.1) is 5.10 Å². The van der Waals surface area contributed by atoms with E-state index in [1.165, 1.54) is 34.8 Å². The number of aromatic nitrogens is 3. The molecule has 1 aliphatic rings. The van der Waals surface area contributed by atoms with Crippen LogP contribution in [0.4, 0.5) is 5.69 Å². The molecule has 2 aromatic rings. The zero-order chi connectivity index (χ0) is 13.9. The zero-order valence-corrected chi connectivity index (χ0v) is 11.0. The van der Waals surface area contributed by atoms with Gasteiger partial charge < -0.3 is 10.4 Å². The molecule has 0 amide bonds. The number of hydrogen-bond acceptors (Lipinski definition) is 4. The lowest BCUT2D eigenvalue weighted by atomic mass is 10.1. The zero-order valence-electron chi connectivity index (χ0n) is 11.0. The van der Waals surface area contributed by atoms with E-state index in [9.17, 15) is 4.79 Å². The standard InChI is InChI=1S/C14H16N4O2/c19-14(20)13-9-18(17-16-13)7-6-15-12-5-4-10-2-1-3-11(10)8-12/h4-5,8-9,15H,1-3,6-7H2,(H,19,20). The van der Waals surface area contributed by atoms with Crippen LogP contribution in [0, 0.1) is 0 Å². The predicted molar refractivity (Wildman–Crippen MR) is 73.9 cm³/mol. The molecule has 0 saturated heterocycles. The summed E-state index contributed by atoms with van der Waals surface area (Å²) < 4.78 is 1.53. The molecule has 20 heavy (non-hydrogen) atoms. The quantitative estimate of drug-likeness (QED) is 0.863. The summed E-state index contributed by atoms with van der Waals surface area (Å²) in [5.41, 5.74) is 3.97. The third-order valence-electron chi connectivity index (χ3n) is 3.53. The summed E-state index contributed by atoms with van der Waals surface area (Å²) in [5, 5.41) is 19.4. The van der Waals surface area contributed by atoms with Crippen molar-refractivity contribution in [1.29, 1.82) is 0 Å². The number of aromatic carboxylic acids is 1. The molecule has 0 atom stereocenters. The van der Waals surface area contributed by atoms with Gasteiger partial charge >= 0.3 is 5.97 Å². The van der Waals surface area contributed by atoms with Gasteiger partial charge in [0.25, 0.3) is 0 Å². The second-order valence-electron chi connectivity index (χ2n) is 4.94. The van der Waals surface area contributed by atoms with Crippen LogP contribution in [0.25, 0.3) is 0 Å². The van der Waals surface area contributed by atoms with E-state index in [1.807, 2.05) is 0 Å². The number of benzene rings is 1. The first kappa shape index (κ1) is 12.7. The molecule has 1 aliphatic carbocycles. The van der Waals surface area contributed by atoms with E-state index in [4.69, 9.17) is 5.11 Å². The summed E-state index contributed by atoms with van der Waals surface area (Å²) >= 11 is 0. The highest BCUT2D eigenvalue weighted by molar-refractivity contribution is 5.84. The molecule has 0 saturated carbocycles. The Kier molecular flexibility index (Phi) is 3.37. The third-order valence-corrected chi connectivity index (χ3v) is 3.53. The molecule has 0 spiro atoms. The molecule has 0 radical (unpaired) electrons. The molecule has 0 bridgehead atoms. The topological polar surface area (TPSA) is 80.0 Å². The van der Waals surface area contributed by atoms with Gasteiger partial charge in [-0.1, -0.05) is 11.3 Å². The molecule has 1 heterocycles. The number of nitrogens with one attached hydrogen (secondary N) is 1. The average Bonchev–Trinajstić information content (AvgIpc) is 3.06. The van der Waals surface area contributed by atoms with Crippen LogP contribution < -0.4 is 5.32 Å². The summed E-state index contributed by atoms with van der Waals surface area (Å²) in [5.74, 6) is -1.05. The molecule has 6 heteroatoms. The fourth-order valence-electron chi connectivity index (χ4n) is 2.50. The first-order chi connectivity index (χ1) is 9.72. The number of anilines is 1. The number of carbonyl (C=O) groups is 1. The van der Waals surface area contributed by atoms with E-state index in [0.29, 0.717) is 13.1 Å². The molecule has 3 rings (SSSR count). The highest BCUT2D eigenvalue weighted by Crippen LogP contribution is 2.24. The molecule has 2 N–H and O–H groups in total. The summed E-state index contributed by atoms with van der Waals surface area (Å²) in [7, 11) is 0. The van der Waals surface area contributed by atoms with Crippen LogP contribution in [0.2, 0.25) is 0 Å². The molecule has 0 aliphatic heterocycles. The summed E-state index contributed by atoms with van der Waals surface area (Å²) in [6, 6.07) is 6.48. The molecule has 1 aromatic carbocycles. The van der Waals surface area contributed by atoms with Crippen molar-refractivity contribution in [3.05, 3.63) is 41.2 Å². The van der Waals surface area contributed by atoms with Crippen LogP contribution in [0.5, 0.6) is 0 Å². The minimum Gasteiger partial charge on any atom is -0.476 e. The highest BCUT2D eigenvalue weighted by atomic mass is 16.4. The normalized spacial score (nSPS) is 13.2. The van der Waals surface area contributed by atoms with E-state index < -0.39 is 5.97 Å². The number of fused-ring (bicyclic) bond motifs is 1. The highest BCUT2D eigenvalue weighted by Gasteiger charge is 2.11. The molecular formula is C14H16N4O2. The maximum atomic E-state index is 10.7. The van der Waals surface area contributed by atoms with Crippen LogP contribution in [-0.2, 0) is 19.4 Å². The second kappa shape index (κ2) is 5.32. The first-order valence-electron chi connectivity index (χ1n) is 6.71. The van der Waals surface area contributed by atoms with E-state index >= 15 is 0 Å². The van der Waals surface area contributed by atoms with Gasteiger partial charge in [0.2, 0.25) is 0 Å². The first-order valence-corrected chi connectivity index (χ1v) is 6.71. The summed E-state index contributed by atoms with van der Waals surface area (Å²) in [6.45, 7) is 1.26. The van der Waals surface area contributed by atoms with Crippen molar-refractivity contribution < 1.29 is 9.90 Å². The lowest BCUT2D eigenvalue weighted by Crippen LogP contribution is -2.11. The van der Waals surface area contributed by atoms with E-state index in [2.05, 4.69) is 33.8 Å². The average molecular weight is 272 g/mol. The Bertz CT molecular complexity index is 636. The number of rotatable bonds is 5. The van der Waals surface area contributed by atoms with Gasteiger partial charge in [0.05, 0.1) is 12.7 Å². The minimum absolute atomic E-state index is 0.0254. The predicted octanol–water partition coefficient (Wildman–Crippen LogP) is 1.58. The van der Waals surface area contributed by atoms with Gasteiger partial charge in [0.15, 0.2) is 5.69 Å². The number of aryl methyl sites for hydroxylation is 2. The van der Waals surface area contributed by atoms with E-state index in [1.54, 1.807) is 0 Å². The van der Waals surface area contributed by atoms with Gasteiger partial charge in [-0.3, -0.25) is 0 Å². The van der Waals surface area contributed by atoms with Crippen LogP contribution in [0.1, 0.15) is 28.0 Å². The van der Waals surface area contributed by atoms with Gasteiger partial charge in [0, 0.05) is 12.2 Å². The number of carboxylic acid groups (broad SMARTS) is 1. The molecular weight excluding hydrogens is 256 g/mol. The van der Waals surface area contributed by atoms with Crippen molar-refractivity contribution in [2.24, 2.45) is 0 Å². The van der Waals surface area contributed by atoms with Crippen LogP contribution in [0.15, 0.2) is 24.4 Å². The lowest BCUT2D eigenvalue weighted by molar-refractivity contribution is 0.0690. The van der Waals surface area contributed by atoms with Gasteiger partial charge in [0.1, 0.15) is 0 Å². The van der Waals surface area contributed by atoms with Gasteiger partial charge in [-0.2, -0.15) is 0 Å². The van der Waals surface area contributed by atoms with Crippen LogP contribution in [-0.4, -0.2) is 32.6 Å². The van der Waals surface area contributed by atoms with Crippen molar-refractivity contribution in [2.45, 2.75) is 25.8 Å². The number of carboxylic acids is 1. The Hall–Kier alpha value is -2.37. The third kappa shape index (κ3) is 2.64. The van der Waals surface area contributed by atoms with Crippen molar-refractivity contribution in [3.8, 4) is 0 Å². The summed E-state index contributed by atoms with van der Waals surface area (Å²) in [6.07, 6.45) is 5.03. The monoisotopic (exact) mass is 272 g/mol. The van der Waals surface area contributed by atoms with E-state index in [-0.39, 0.29) is 5.69 Å². The van der Waals surface area contributed by atoms with Gasteiger partial charge in [-0.05, 0) is 42.5 Å². The van der Waals surface area contributed by atoms with Crippen LogP contribution in [0.3, 0.4) is 0 Å².